The average Bonchev–Trinajstić information content (AvgIpc) is 2.85. The molecule has 0 spiro atoms. The molecule has 128 valence electrons. The van der Waals surface area contributed by atoms with Crippen LogP contribution in [0.3, 0.4) is 0 Å². The Morgan fingerprint density at radius 3 is 2.67 bits per heavy atom. The summed E-state index contributed by atoms with van der Waals surface area (Å²) in [6.07, 6.45) is 2.04. The van der Waals surface area contributed by atoms with Crippen LogP contribution in [0.15, 0.2) is 12.1 Å². The third kappa shape index (κ3) is 3.19. The van der Waals surface area contributed by atoms with Crippen LogP contribution < -0.4 is 10.2 Å². The van der Waals surface area contributed by atoms with E-state index >= 15 is 0 Å². The predicted octanol–water partition coefficient (Wildman–Crippen LogP) is 1.40. The summed E-state index contributed by atoms with van der Waals surface area (Å²) in [6.45, 7) is 8.23. The van der Waals surface area contributed by atoms with Crippen molar-refractivity contribution in [3.63, 3.8) is 0 Å². The summed E-state index contributed by atoms with van der Waals surface area (Å²) in [6, 6.07) is 4.22. The highest BCUT2D eigenvalue weighted by Crippen LogP contribution is 2.24. The number of hydrogen-bond acceptors (Lipinski definition) is 4. The molecule has 0 amide bonds. The Labute approximate surface area is 142 Å². The summed E-state index contributed by atoms with van der Waals surface area (Å²) in [5.74, 6) is 1.000. The summed E-state index contributed by atoms with van der Waals surface area (Å²) in [5.41, 5.74) is 4.95. The maximum absolute atomic E-state index is 4.86. The van der Waals surface area contributed by atoms with Crippen LogP contribution in [-0.4, -0.2) is 46.8 Å². The number of rotatable bonds is 6. The Kier molecular flexibility index (Phi) is 4.66. The number of anilines is 1. The van der Waals surface area contributed by atoms with Crippen LogP contribution in [0.4, 0.5) is 5.82 Å². The second kappa shape index (κ2) is 6.73. The van der Waals surface area contributed by atoms with Crippen molar-refractivity contribution in [2.45, 2.75) is 33.6 Å². The fraction of sp³-hybridized carbons (Fsp3) is 0.500. The van der Waals surface area contributed by atoms with Crippen LogP contribution in [0.2, 0.25) is 0 Å². The Morgan fingerprint density at radius 2 is 1.96 bits per heavy atom. The first-order valence-electron chi connectivity index (χ1n) is 8.69. The van der Waals surface area contributed by atoms with E-state index < -0.39 is 0 Å². The second-order valence-corrected chi connectivity index (χ2v) is 6.78. The van der Waals surface area contributed by atoms with E-state index in [1.807, 2.05) is 11.4 Å². The first-order chi connectivity index (χ1) is 11.5. The molecule has 0 unspecified atom stereocenters. The van der Waals surface area contributed by atoms with Crippen LogP contribution in [0.1, 0.15) is 30.3 Å². The largest absolute Gasteiger partial charge is 0.364 e. The highest BCUT2D eigenvalue weighted by atomic mass is 15.3. The van der Waals surface area contributed by atoms with Crippen LogP contribution in [0.25, 0.3) is 16.7 Å². The van der Waals surface area contributed by atoms with Gasteiger partial charge in [0.2, 0.25) is 0 Å². The lowest BCUT2D eigenvalue weighted by molar-refractivity contribution is -0.856. The quantitative estimate of drug-likeness (QED) is 0.719. The summed E-state index contributed by atoms with van der Waals surface area (Å²) >= 11 is 0. The fourth-order valence-corrected chi connectivity index (χ4v) is 3.02. The summed E-state index contributed by atoms with van der Waals surface area (Å²) in [5, 5.41) is 9.29. The molecule has 6 nitrogen and oxygen atoms in total. The zero-order valence-electron chi connectivity index (χ0n) is 15.3. The molecule has 0 saturated heterocycles. The SMILES string of the molecule is CCCc1cc(NCC[NH+](C)C)n2nc3nc(C)cc(C)c3c2n1. The number of aryl methyl sites for hydroxylation is 3. The van der Waals surface area contributed by atoms with Crippen LogP contribution in [-0.2, 0) is 6.42 Å². The zero-order valence-corrected chi connectivity index (χ0v) is 15.3. The Bertz CT molecular complexity index is 865. The van der Waals surface area contributed by atoms with Gasteiger partial charge in [0.25, 0.3) is 0 Å². The molecule has 3 aromatic rings. The van der Waals surface area contributed by atoms with Gasteiger partial charge >= 0.3 is 0 Å². The third-order valence-corrected chi connectivity index (χ3v) is 4.16. The van der Waals surface area contributed by atoms with Crippen molar-refractivity contribution in [1.82, 2.24) is 19.6 Å². The van der Waals surface area contributed by atoms with Gasteiger partial charge in [0, 0.05) is 17.5 Å². The smallest absolute Gasteiger partial charge is 0.184 e. The first kappa shape index (κ1) is 16.6. The van der Waals surface area contributed by atoms with Gasteiger partial charge in [-0.25, -0.2) is 9.97 Å². The van der Waals surface area contributed by atoms with E-state index in [9.17, 15) is 0 Å². The minimum absolute atomic E-state index is 0.773. The molecule has 0 aromatic carbocycles. The van der Waals surface area contributed by atoms with E-state index in [0.717, 1.165) is 59.8 Å². The molecule has 0 atom stereocenters. The molecule has 3 aromatic heterocycles. The van der Waals surface area contributed by atoms with Gasteiger partial charge in [-0.3, -0.25) is 0 Å². The van der Waals surface area contributed by atoms with Gasteiger partial charge in [0.05, 0.1) is 32.6 Å². The van der Waals surface area contributed by atoms with Crippen LogP contribution in [0.5, 0.6) is 0 Å². The fourth-order valence-electron chi connectivity index (χ4n) is 3.02. The van der Waals surface area contributed by atoms with Crippen molar-refractivity contribution >= 4 is 22.5 Å². The molecule has 3 heterocycles. The van der Waals surface area contributed by atoms with E-state index in [2.05, 4.69) is 50.4 Å². The molecule has 0 aliphatic rings. The molecule has 3 rings (SSSR count). The first-order valence-corrected chi connectivity index (χ1v) is 8.69. The number of nitrogens with one attached hydrogen (secondary N) is 2. The number of pyridine rings is 1. The average molecular weight is 327 g/mol. The lowest BCUT2D eigenvalue weighted by atomic mass is 10.2. The van der Waals surface area contributed by atoms with Crippen molar-refractivity contribution in [2.75, 3.05) is 32.5 Å². The Balaban J connectivity index is 2.15. The van der Waals surface area contributed by atoms with Gasteiger partial charge in [-0.1, -0.05) is 13.3 Å². The number of likely N-dealkylation sites (N-methyl/N-ethyl adjacent to an activating group) is 1. The molecule has 24 heavy (non-hydrogen) atoms. The van der Waals surface area contributed by atoms with E-state index in [-0.39, 0.29) is 0 Å². The summed E-state index contributed by atoms with van der Waals surface area (Å²) in [7, 11) is 4.31. The number of quaternary nitrogens is 1. The number of fused-ring (bicyclic) bond motifs is 3. The van der Waals surface area contributed by atoms with Crippen LogP contribution in [0, 0.1) is 13.8 Å². The topological polar surface area (TPSA) is 59.5 Å². The highest BCUT2D eigenvalue weighted by Gasteiger charge is 2.15. The van der Waals surface area contributed by atoms with Gasteiger partial charge in [0.15, 0.2) is 11.3 Å². The van der Waals surface area contributed by atoms with Crippen molar-refractivity contribution in [2.24, 2.45) is 0 Å². The molecule has 0 aliphatic carbocycles. The Hall–Kier alpha value is -2.21. The third-order valence-electron chi connectivity index (χ3n) is 4.16. The molecule has 6 heteroatoms. The van der Waals surface area contributed by atoms with Gasteiger partial charge in [-0.05, 0) is 31.9 Å². The van der Waals surface area contributed by atoms with E-state index in [1.54, 1.807) is 0 Å². The van der Waals surface area contributed by atoms with E-state index in [1.165, 1.54) is 10.5 Å². The van der Waals surface area contributed by atoms with Gasteiger partial charge in [0.1, 0.15) is 5.82 Å². The molecule has 2 N–H and O–H groups in total. The van der Waals surface area contributed by atoms with Crippen molar-refractivity contribution in [1.29, 1.82) is 0 Å². The van der Waals surface area contributed by atoms with E-state index in [0.29, 0.717) is 0 Å². The molecular formula is C18H27N6+. The van der Waals surface area contributed by atoms with Crippen molar-refractivity contribution in [3.05, 3.63) is 29.1 Å². The van der Waals surface area contributed by atoms with Crippen LogP contribution >= 0.6 is 0 Å². The molecule has 0 saturated carbocycles. The predicted molar refractivity (Wildman–Crippen MR) is 97.9 cm³/mol. The van der Waals surface area contributed by atoms with Crippen molar-refractivity contribution < 1.29 is 4.90 Å². The monoisotopic (exact) mass is 327 g/mol. The normalized spacial score (nSPS) is 11.8. The van der Waals surface area contributed by atoms with Gasteiger partial charge in [-0.15, -0.1) is 5.10 Å². The number of hydrogen-bond donors (Lipinski definition) is 2. The second-order valence-electron chi connectivity index (χ2n) is 6.78. The highest BCUT2D eigenvalue weighted by molar-refractivity contribution is 5.93. The lowest BCUT2D eigenvalue weighted by Crippen LogP contribution is -3.06. The maximum Gasteiger partial charge on any atom is 0.184 e. The Morgan fingerprint density at radius 1 is 1.17 bits per heavy atom. The molecule has 0 radical (unpaired) electrons. The minimum Gasteiger partial charge on any atom is -0.364 e. The number of nitrogens with zero attached hydrogens (tertiary/aromatic N) is 4. The zero-order chi connectivity index (χ0) is 17.3. The molecular weight excluding hydrogens is 300 g/mol. The van der Waals surface area contributed by atoms with Crippen molar-refractivity contribution in [3.8, 4) is 0 Å². The molecule has 0 fully saturated rings. The maximum atomic E-state index is 4.86. The molecule has 0 aliphatic heterocycles. The standard InChI is InChI=1S/C18H26N6/c1-6-7-14-11-15(19-8-9-23(4)5)24-18(21-14)16-12(2)10-13(3)20-17(16)22-24/h10-11,19H,6-9H2,1-5H3/p+1. The van der Waals surface area contributed by atoms with Gasteiger partial charge in [-0.2, -0.15) is 4.52 Å². The summed E-state index contributed by atoms with van der Waals surface area (Å²) in [4.78, 5) is 10.9. The van der Waals surface area contributed by atoms with Gasteiger partial charge < -0.3 is 10.2 Å². The van der Waals surface area contributed by atoms with E-state index in [4.69, 9.17) is 10.1 Å². The summed E-state index contributed by atoms with van der Waals surface area (Å²) < 4.78 is 1.91. The number of aromatic nitrogens is 4. The minimum atomic E-state index is 0.773. The molecule has 0 bridgehead atoms. The lowest BCUT2D eigenvalue weighted by Gasteiger charge is -2.12.